The van der Waals surface area contributed by atoms with Crippen LogP contribution in [0.5, 0.6) is 0 Å². The van der Waals surface area contributed by atoms with Gasteiger partial charge in [0, 0.05) is 13.6 Å². The molecule has 1 unspecified atom stereocenters. The van der Waals surface area contributed by atoms with Crippen LogP contribution in [0.25, 0.3) is 0 Å². The standard InChI is InChI=1S/C11H19NO2Si/c1-12-8-5-6-11(14,10(12)13)7-9-15(2,3)4/h14H,5-6,8H2,1-4H3. The monoisotopic (exact) mass is 225 g/mol. The number of nitrogens with zero attached hydrogens (tertiary/aromatic N) is 1. The Bertz CT molecular complexity index is 324. The molecule has 4 heteroatoms. The molecule has 0 aliphatic carbocycles. The van der Waals surface area contributed by atoms with E-state index >= 15 is 0 Å². The molecule has 3 nitrogen and oxygen atoms in total. The molecule has 1 aliphatic rings. The van der Waals surface area contributed by atoms with Crippen LogP contribution in [0.2, 0.25) is 19.6 Å². The molecule has 1 rings (SSSR count). The van der Waals surface area contributed by atoms with Gasteiger partial charge in [0.2, 0.25) is 5.60 Å². The lowest BCUT2D eigenvalue weighted by molar-refractivity contribution is -0.148. The first-order chi connectivity index (χ1) is 6.75. The Labute approximate surface area is 92.5 Å². The highest BCUT2D eigenvalue weighted by atomic mass is 28.3. The molecular weight excluding hydrogens is 206 g/mol. The van der Waals surface area contributed by atoms with Crippen molar-refractivity contribution in [2.75, 3.05) is 13.6 Å². The molecule has 84 valence electrons. The van der Waals surface area contributed by atoms with Gasteiger partial charge < -0.3 is 10.0 Å². The van der Waals surface area contributed by atoms with E-state index in [2.05, 4.69) is 31.1 Å². The summed E-state index contributed by atoms with van der Waals surface area (Å²) in [6, 6.07) is 0. The summed E-state index contributed by atoms with van der Waals surface area (Å²) in [4.78, 5) is 13.3. The number of likely N-dealkylation sites (tertiary alicyclic amines) is 1. The Morgan fingerprint density at radius 1 is 1.47 bits per heavy atom. The summed E-state index contributed by atoms with van der Waals surface area (Å²) in [5, 5.41) is 10.1. The lowest BCUT2D eigenvalue weighted by Crippen LogP contribution is -2.51. The molecular formula is C11H19NO2Si. The van der Waals surface area contributed by atoms with Gasteiger partial charge in [0.05, 0.1) is 0 Å². The molecule has 0 aromatic carbocycles. The van der Waals surface area contributed by atoms with Crippen LogP contribution < -0.4 is 0 Å². The van der Waals surface area contributed by atoms with Gasteiger partial charge in [-0.05, 0) is 12.8 Å². The molecule has 15 heavy (non-hydrogen) atoms. The number of carbonyl (C=O) groups excluding carboxylic acids is 1. The Morgan fingerprint density at radius 2 is 2.07 bits per heavy atom. The molecule has 1 amide bonds. The molecule has 0 saturated carbocycles. The van der Waals surface area contributed by atoms with Crippen LogP contribution in [-0.4, -0.2) is 43.2 Å². The predicted octanol–water partition coefficient (Wildman–Crippen LogP) is 0.850. The van der Waals surface area contributed by atoms with Crippen LogP contribution in [0.15, 0.2) is 0 Å². The molecule has 0 radical (unpaired) electrons. The first-order valence-electron chi connectivity index (χ1n) is 5.27. The minimum atomic E-state index is -1.53. The maximum Gasteiger partial charge on any atom is 0.266 e. The van der Waals surface area contributed by atoms with Crippen molar-refractivity contribution in [1.29, 1.82) is 0 Å². The van der Waals surface area contributed by atoms with Gasteiger partial charge in [-0.15, -0.1) is 5.54 Å². The van der Waals surface area contributed by atoms with E-state index in [1.807, 2.05) is 0 Å². The van der Waals surface area contributed by atoms with Crippen LogP contribution in [0.3, 0.4) is 0 Å². The summed E-state index contributed by atoms with van der Waals surface area (Å²) in [5.74, 6) is 2.54. The van der Waals surface area contributed by atoms with Crippen molar-refractivity contribution < 1.29 is 9.90 Å². The fraction of sp³-hybridized carbons (Fsp3) is 0.727. The Hall–Kier alpha value is -0.793. The molecule has 0 bridgehead atoms. The van der Waals surface area contributed by atoms with Crippen molar-refractivity contribution in [2.24, 2.45) is 0 Å². The van der Waals surface area contributed by atoms with Crippen LogP contribution in [0.4, 0.5) is 0 Å². The molecule has 0 spiro atoms. The van der Waals surface area contributed by atoms with Crippen molar-refractivity contribution in [3.63, 3.8) is 0 Å². The van der Waals surface area contributed by atoms with Gasteiger partial charge in [0.1, 0.15) is 8.07 Å². The van der Waals surface area contributed by atoms with Gasteiger partial charge in [-0.1, -0.05) is 25.6 Å². The Balaban J connectivity index is 2.89. The van der Waals surface area contributed by atoms with E-state index < -0.39 is 13.7 Å². The Morgan fingerprint density at radius 3 is 2.60 bits per heavy atom. The van der Waals surface area contributed by atoms with Crippen LogP contribution in [-0.2, 0) is 4.79 Å². The normalized spacial score (nSPS) is 27.3. The summed E-state index contributed by atoms with van der Waals surface area (Å²) in [6.07, 6.45) is 1.28. The fourth-order valence-electron chi connectivity index (χ4n) is 1.50. The highest BCUT2D eigenvalue weighted by Gasteiger charge is 2.39. The quantitative estimate of drug-likeness (QED) is 0.490. The highest BCUT2D eigenvalue weighted by Crippen LogP contribution is 2.21. The van der Waals surface area contributed by atoms with Gasteiger partial charge >= 0.3 is 0 Å². The van der Waals surface area contributed by atoms with E-state index in [4.69, 9.17) is 0 Å². The topological polar surface area (TPSA) is 40.5 Å². The van der Waals surface area contributed by atoms with E-state index in [0.29, 0.717) is 6.42 Å². The zero-order valence-corrected chi connectivity index (χ0v) is 10.9. The lowest BCUT2D eigenvalue weighted by Gasteiger charge is -2.32. The summed E-state index contributed by atoms with van der Waals surface area (Å²) >= 11 is 0. The minimum Gasteiger partial charge on any atom is -0.369 e. The summed E-state index contributed by atoms with van der Waals surface area (Å²) in [5.41, 5.74) is 1.65. The number of carbonyl (C=O) groups is 1. The third kappa shape index (κ3) is 3.08. The number of piperidine rings is 1. The summed E-state index contributed by atoms with van der Waals surface area (Å²) < 4.78 is 0. The third-order valence-electron chi connectivity index (χ3n) is 2.38. The number of hydrogen-bond acceptors (Lipinski definition) is 2. The van der Waals surface area contributed by atoms with E-state index in [1.165, 1.54) is 0 Å². The van der Waals surface area contributed by atoms with Crippen LogP contribution >= 0.6 is 0 Å². The first kappa shape index (κ1) is 12.3. The molecule has 1 fully saturated rings. The van der Waals surface area contributed by atoms with E-state index in [9.17, 15) is 9.90 Å². The van der Waals surface area contributed by atoms with E-state index in [0.717, 1.165) is 13.0 Å². The minimum absolute atomic E-state index is 0.250. The molecule has 0 aromatic rings. The number of rotatable bonds is 0. The zero-order chi connectivity index (χ0) is 11.7. The van der Waals surface area contributed by atoms with Crippen molar-refractivity contribution in [3.05, 3.63) is 0 Å². The number of hydrogen-bond donors (Lipinski definition) is 1. The van der Waals surface area contributed by atoms with Gasteiger partial charge in [0.15, 0.2) is 0 Å². The van der Waals surface area contributed by atoms with Gasteiger partial charge in [-0.25, -0.2) is 0 Å². The molecule has 1 N–H and O–H groups in total. The average molecular weight is 225 g/mol. The maximum absolute atomic E-state index is 11.8. The van der Waals surface area contributed by atoms with E-state index in [1.54, 1.807) is 11.9 Å². The molecule has 1 heterocycles. The second-order valence-electron chi connectivity index (χ2n) is 5.19. The van der Waals surface area contributed by atoms with Crippen molar-refractivity contribution in [2.45, 2.75) is 38.1 Å². The summed E-state index contributed by atoms with van der Waals surface area (Å²) in [7, 11) is 0.179. The first-order valence-corrected chi connectivity index (χ1v) is 8.77. The van der Waals surface area contributed by atoms with Gasteiger partial charge in [0.25, 0.3) is 5.91 Å². The van der Waals surface area contributed by atoms with Crippen LogP contribution in [0.1, 0.15) is 12.8 Å². The fourth-order valence-corrected chi connectivity index (χ4v) is 2.08. The smallest absolute Gasteiger partial charge is 0.266 e. The number of amides is 1. The molecule has 1 aliphatic heterocycles. The largest absolute Gasteiger partial charge is 0.369 e. The number of aliphatic hydroxyl groups is 1. The second-order valence-corrected chi connectivity index (χ2v) is 9.94. The summed E-state index contributed by atoms with van der Waals surface area (Å²) in [6.45, 7) is 7.01. The predicted molar refractivity (Wildman–Crippen MR) is 62.9 cm³/mol. The molecule has 1 saturated heterocycles. The Kier molecular flexibility index (Phi) is 3.27. The van der Waals surface area contributed by atoms with Gasteiger partial charge in [-0.3, -0.25) is 4.79 Å². The zero-order valence-electron chi connectivity index (χ0n) is 9.92. The van der Waals surface area contributed by atoms with Crippen molar-refractivity contribution in [1.82, 2.24) is 4.90 Å². The van der Waals surface area contributed by atoms with Crippen molar-refractivity contribution in [3.8, 4) is 11.5 Å². The van der Waals surface area contributed by atoms with Crippen molar-refractivity contribution >= 4 is 14.0 Å². The van der Waals surface area contributed by atoms with Crippen LogP contribution in [0, 0.1) is 11.5 Å². The van der Waals surface area contributed by atoms with Gasteiger partial charge in [-0.2, -0.15) is 0 Å². The van der Waals surface area contributed by atoms with E-state index in [-0.39, 0.29) is 5.91 Å². The molecule has 1 atom stereocenters. The third-order valence-corrected chi connectivity index (χ3v) is 3.25. The highest BCUT2D eigenvalue weighted by molar-refractivity contribution is 6.83. The maximum atomic E-state index is 11.8. The SMILES string of the molecule is CN1CCCC(O)(C#C[Si](C)(C)C)C1=O. The average Bonchev–Trinajstić information content (AvgIpc) is 2.10. The molecule has 0 aromatic heterocycles. The number of likely N-dealkylation sites (N-methyl/N-ethyl adjacent to an activating group) is 1. The second kappa shape index (κ2) is 3.99. The lowest BCUT2D eigenvalue weighted by atomic mass is 9.93.